The minimum atomic E-state index is -1.05. The van der Waals surface area contributed by atoms with Crippen molar-refractivity contribution in [2.75, 3.05) is 6.61 Å². The van der Waals surface area contributed by atoms with Crippen LogP contribution in [0.25, 0.3) is 22.8 Å². The number of aliphatic carboxylic acids is 1. The van der Waals surface area contributed by atoms with E-state index in [-0.39, 0.29) is 5.89 Å². The number of rotatable bonds is 5. The quantitative estimate of drug-likeness (QED) is 0.779. The van der Waals surface area contributed by atoms with Crippen LogP contribution in [0.5, 0.6) is 5.75 Å². The summed E-state index contributed by atoms with van der Waals surface area (Å²) >= 11 is 0. The Hall–Kier alpha value is -3.15. The Morgan fingerprint density at radius 3 is 2.65 bits per heavy atom. The SMILES string of the molecule is Cc1ccc(-c2noc(-c3ccccc3OCC(=O)O)n2)cc1. The van der Waals surface area contributed by atoms with E-state index in [0.29, 0.717) is 17.1 Å². The molecule has 1 N–H and O–H groups in total. The summed E-state index contributed by atoms with van der Waals surface area (Å²) in [5, 5.41) is 12.7. The molecule has 0 bridgehead atoms. The van der Waals surface area contributed by atoms with Crippen molar-refractivity contribution in [2.45, 2.75) is 6.92 Å². The fraction of sp³-hybridized carbons (Fsp3) is 0.118. The number of carboxylic acid groups (broad SMARTS) is 1. The van der Waals surface area contributed by atoms with Crippen LogP contribution in [0.2, 0.25) is 0 Å². The third-order valence-corrected chi connectivity index (χ3v) is 3.20. The largest absolute Gasteiger partial charge is 0.481 e. The van der Waals surface area contributed by atoms with Crippen LogP contribution >= 0.6 is 0 Å². The van der Waals surface area contributed by atoms with Gasteiger partial charge in [0.05, 0.1) is 5.56 Å². The lowest BCUT2D eigenvalue weighted by Gasteiger charge is -2.06. The number of aromatic nitrogens is 2. The summed E-state index contributed by atoms with van der Waals surface area (Å²) in [4.78, 5) is 15.0. The second-order valence-electron chi connectivity index (χ2n) is 4.97. The highest BCUT2D eigenvalue weighted by Crippen LogP contribution is 2.30. The lowest BCUT2D eigenvalue weighted by Crippen LogP contribution is -2.09. The molecule has 0 radical (unpaired) electrons. The molecule has 0 fully saturated rings. The summed E-state index contributed by atoms with van der Waals surface area (Å²) in [6, 6.07) is 14.7. The van der Waals surface area contributed by atoms with Crippen LogP contribution < -0.4 is 4.74 Å². The van der Waals surface area contributed by atoms with E-state index in [4.69, 9.17) is 14.4 Å². The summed E-state index contributed by atoms with van der Waals surface area (Å²) in [5.74, 6) is 0.0780. The number of para-hydroxylation sites is 1. The molecular formula is C17H14N2O4. The lowest BCUT2D eigenvalue weighted by atomic mass is 10.1. The Morgan fingerprint density at radius 2 is 1.91 bits per heavy atom. The third-order valence-electron chi connectivity index (χ3n) is 3.20. The molecule has 0 amide bonds. The van der Waals surface area contributed by atoms with Crippen LogP contribution in [0.1, 0.15) is 5.56 Å². The lowest BCUT2D eigenvalue weighted by molar-refractivity contribution is -0.139. The Morgan fingerprint density at radius 1 is 1.17 bits per heavy atom. The minimum Gasteiger partial charge on any atom is -0.481 e. The van der Waals surface area contributed by atoms with Crippen LogP contribution in [0.15, 0.2) is 53.1 Å². The molecule has 6 nitrogen and oxygen atoms in total. The van der Waals surface area contributed by atoms with Gasteiger partial charge in [-0.25, -0.2) is 4.79 Å². The first-order chi connectivity index (χ1) is 11.1. The molecule has 6 heteroatoms. The first-order valence-electron chi connectivity index (χ1n) is 6.98. The molecule has 0 aliphatic rings. The van der Waals surface area contributed by atoms with E-state index >= 15 is 0 Å². The highest BCUT2D eigenvalue weighted by Gasteiger charge is 2.15. The van der Waals surface area contributed by atoms with Gasteiger partial charge < -0.3 is 14.4 Å². The number of hydrogen-bond donors (Lipinski definition) is 1. The van der Waals surface area contributed by atoms with Crippen molar-refractivity contribution in [3.8, 4) is 28.6 Å². The predicted octanol–water partition coefficient (Wildman–Crippen LogP) is 3.18. The van der Waals surface area contributed by atoms with E-state index < -0.39 is 12.6 Å². The van der Waals surface area contributed by atoms with E-state index in [2.05, 4.69) is 10.1 Å². The number of carboxylic acids is 1. The molecule has 0 saturated carbocycles. The average molecular weight is 310 g/mol. The Balaban J connectivity index is 1.91. The molecule has 0 aliphatic carbocycles. The topological polar surface area (TPSA) is 85.5 Å². The second kappa shape index (κ2) is 6.31. The summed E-state index contributed by atoms with van der Waals surface area (Å²) in [6.45, 7) is 1.57. The van der Waals surface area contributed by atoms with Gasteiger partial charge in [0.1, 0.15) is 5.75 Å². The van der Waals surface area contributed by atoms with Crippen LogP contribution in [0, 0.1) is 6.92 Å². The number of hydrogen-bond acceptors (Lipinski definition) is 5. The summed E-state index contributed by atoms with van der Waals surface area (Å²) in [6.07, 6.45) is 0. The molecule has 0 spiro atoms. The van der Waals surface area contributed by atoms with E-state index in [9.17, 15) is 4.79 Å². The van der Waals surface area contributed by atoms with E-state index in [0.717, 1.165) is 11.1 Å². The van der Waals surface area contributed by atoms with Gasteiger partial charge in [0, 0.05) is 5.56 Å². The fourth-order valence-corrected chi connectivity index (χ4v) is 2.06. The van der Waals surface area contributed by atoms with Gasteiger partial charge in [-0.2, -0.15) is 4.98 Å². The Kier molecular flexibility index (Phi) is 4.05. The Bertz CT molecular complexity index is 825. The van der Waals surface area contributed by atoms with Gasteiger partial charge in [0.15, 0.2) is 6.61 Å². The fourth-order valence-electron chi connectivity index (χ4n) is 2.06. The number of nitrogens with zero attached hydrogens (tertiary/aromatic N) is 2. The minimum absolute atomic E-state index is 0.279. The van der Waals surface area contributed by atoms with Crippen LogP contribution in [-0.4, -0.2) is 27.8 Å². The second-order valence-corrected chi connectivity index (χ2v) is 4.97. The molecule has 1 heterocycles. The van der Waals surface area contributed by atoms with Crippen LogP contribution in [-0.2, 0) is 4.79 Å². The van der Waals surface area contributed by atoms with E-state index in [1.165, 1.54) is 0 Å². The van der Waals surface area contributed by atoms with Crippen molar-refractivity contribution in [1.29, 1.82) is 0 Å². The molecule has 0 atom stereocenters. The first kappa shape index (κ1) is 14.8. The van der Waals surface area contributed by atoms with Crippen molar-refractivity contribution in [2.24, 2.45) is 0 Å². The highest BCUT2D eigenvalue weighted by atomic mass is 16.5. The molecule has 0 aliphatic heterocycles. The number of aryl methyl sites for hydroxylation is 1. The molecule has 0 unspecified atom stereocenters. The maximum absolute atomic E-state index is 10.7. The Labute approximate surface area is 132 Å². The summed E-state index contributed by atoms with van der Waals surface area (Å²) < 4.78 is 10.6. The van der Waals surface area contributed by atoms with Crippen molar-refractivity contribution in [3.05, 3.63) is 54.1 Å². The number of ether oxygens (including phenoxy) is 1. The van der Waals surface area contributed by atoms with Crippen LogP contribution in [0.3, 0.4) is 0 Å². The molecule has 1 aromatic heterocycles. The predicted molar refractivity (Wildman–Crippen MR) is 83.0 cm³/mol. The smallest absolute Gasteiger partial charge is 0.341 e. The monoisotopic (exact) mass is 310 g/mol. The van der Waals surface area contributed by atoms with Gasteiger partial charge in [-0.3, -0.25) is 0 Å². The van der Waals surface area contributed by atoms with Gasteiger partial charge in [0.25, 0.3) is 5.89 Å². The van der Waals surface area contributed by atoms with Crippen molar-refractivity contribution in [3.63, 3.8) is 0 Å². The van der Waals surface area contributed by atoms with Gasteiger partial charge >= 0.3 is 5.97 Å². The molecule has 0 saturated heterocycles. The summed E-state index contributed by atoms with van der Waals surface area (Å²) in [7, 11) is 0. The van der Waals surface area contributed by atoms with E-state index in [1.54, 1.807) is 24.3 Å². The van der Waals surface area contributed by atoms with Gasteiger partial charge in [-0.1, -0.05) is 47.1 Å². The maximum Gasteiger partial charge on any atom is 0.341 e. The maximum atomic E-state index is 10.7. The van der Waals surface area contributed by atoms with Crippen molar-refractivity contribution in [1.82, 2.24) is 10.1 Å². The first-order valence-corrected chi connectivity index (χ1v) is 6.98. The molecule has 2 aromatic carbocycles. The standard InChI is InChI=1S/C17H14N2O4/c1-11-6-8-12(9-7-11)16-18-17(23-19-16)13-4-2-3-5-14(13)22-10-15(20)21/h2-9H,10H2,1H3,(H,20,21). The third kappa shape index (κ3) is 3.37. The van der Waals surface area contributed by atoms with E-state index in [1.807, 2.05) is 31.2 Å². The van der Waals surface area contributed by atoms with Gasteiger partial charge in [0.2, 0.25) is 5.82 Å². The van der Waals surface area contributed by atoms with Crippen LogP contribution in [0.4, 0.5) is 0 Å². The molecule has 3 rings (SSSR count). The zero-order chi connectivity index (χ0) is 16.2. The number of carbonyl (C=O) groups is 1. The molecular weight excluding hydrogens is 296 g/mol. The normalized spacial score (nSPS) is 10.5. The zero-order valence-electron chi connectivity index (χ0n) is 12.4. The van der Waals surface area contributed by atoms with Gasteiger partial charge in [-0.05, 0) is 19.1 Å². The van der Waals surface area contributed by atoms with Crippen molar-refractivity contribution < 1.29 is 19.2 Å². The highest BCUT2D eigenvalue weighted by molar-refractivity contribution is 5.70. The molecule has 3 aromatic rings. The number of benzene rings is 2. The summed E-state index contributed by atoms with van der Waals surface area (Å²) in [5.41, 5.74) is 2.54. The molecule has 116 valence electrons. The van der Waals surface area contributed by atoms with Gasteiger partial charge in [-0.15, -0.1) is 0 Å². The van der Waals surface area contributed by atoms with Crippen molar-refractivity contribution >= 4 is 5.97 Å². The molecule has 23 heavy (non-hydrogen) atoms. The zero-order valence-corrected chi connectivity index (χ0v) is 12.4. The average Bonchev–Trinajstić information content (AvgIpc) is 3.03.